The van der Waals surface area contributed by atoms with Crippen LogP contribution in [0.5, 0.6) is 0 Å². The Kier molecular flexibility index (Phi) is 3.55. The summed E-state index contributed by atoms with van der Waals surface area (Å²) in [6.45, 7) is 0. The Balaban J connectivity index is 1.78. The van der Waals surface area contributed by atoms with Gasteiger partial charge in [-0.25, -0.2) is 14.8 Å². The van der Waals surface area contributed by atoms with Crippen LogP contribution in [0.3, 0.4) is 0 Å². The predicted molar refractivity (Wildman–Crippen MR) is 91.1 cm³/mol. The molecule has 118 valence electrons. The molecule has 0 aliphatic carbocycles. The van der Waals surface area contributed by atoms with Crippen molar-refractivity contribution in [3.63, 3.8) is 0 Å². The second-order valence-corrected chi connectivity index (χ2v) is 6.06. The first-order valence-electron chi connectivity index (χ1n) is 7.26. The van der Waals surface area contributed by atoms with E-state index in [1.807, 2.05) is 35.7 Å². The summed E-state index contributed by atoms with van der Waals surface area (Å²) in [5.74, 6) is -0.222. The fourth-order valence-corrected chi connectivity index (χ4v) is 3.33. The van der Waals surface area contributed by atoms with Crippen LogP contribution in [0.1, 0.15) is 5.56 Å². The van der Waals surface area contributed by atoms with Crippen LogP contribution >= 0.6 is 11.3 Å². The maximum atomic E-state index is 11.4. The molecule has 0 bridgehead atoms. The van der Waals surface area contributed by atoms with Gasteiger partial charge in [0.05, 0.1) is 11.3 Å². The van der Waals surface area contributed by atoms with Crippen molar-refractivity contribution in [1.29, 1.82) is 0 Å². The summed E-state index contributed by atoms with van der Waals surface area (Å²) in [7, 11) is 0. The maximum absolute atomic E-state index is 11.4. The van der Waals surface area contributed by atoms with Crippen molar-refractivity contribution in [2.24, 2.45) is 0 Å². The van der Waals surface area contributed by atoms with E-state index in [0.717, 1.165) is 17.0 Å². The highest BCUT2D eigenvalue weighted by Gasteiger charge is 2.25. The molecule has 0 amide bonds. The first-order valence-corrected chi connectivity index (χ1v) is 8.14. The number of aromatic nitrogens is 3. The Morgan fingerprint density at radius 3 is 2.79 bits per heavy atom. The highest BCUT2D eigenvalue weighted by molar-refractivity contribution is 7.14. The third-order valence-corrected chi connectivity index (χ3v) is 4.50. The number of nitrogens with zero attached hydrogens (tertiary/aromatic N) is 4. The van der Waals surface area contributed by atoms with Crippen LogP contribution in [0, 0.1) is 0 Å². The molecule has 0 saturated carbocycles. The van der Waals surface area contributed by atoms with Gasteiger partial charge in [-0.15, -0.1) is 11.3 Å². The summed E-state index contributed by atoms with van der Waals surface area (Å²) in [5.41, 5.74) is 2.71. The van der Waals surface area contributed by atoms with E-state index in [2.05, 4.69) is 15.0 Å². The van der Waals surface area contributed by atoms with E-state index in [9.17, 15) is 9.90 Å². The summed E-state index contributed by atoms with van der Waals surface area (Å²) in [5, 5.41) is 11.9. The summed E-state index contributed by atoms with van der Waals surface area (Å²) in [4.78, 5) is 26.4. The monoisotopic (exact) mass is 336 g/mol. The number of carboxylic acid groups (broad SMARTS) is 1. The van der Waals surface area contributed by atoms with E-state index < -0.39 is 5.97 Å². The number of aliphatic carboxylic acids is 1. The average Bonchev–Trinajstić information content (AvgIpc) is 3.11. The van der Waals surface area contributed by atoms with Gasteiger partial charge in [-0.1, -0.05) is 12.1 Å². The second kappa shape index (κ2) is 5.86. The van der Waals surface area contributed by atoms with Crippen molar-refractivity contribution in [3.05, 3.63) is 65.4 Å². The zero-order valence-corrected chi connectivity index (χ0v) is 13.3. The molecule has 24 heavy (non-hydrogen) atoms. The summed E-state index contributed by atoms with van der Waals surface area (Å²) in [6.07, 6.45) is 5.36. The topological polar surface area (TPSA) is 79.2 Å². The molecule has 0 spiro atoms. The molecule has 1 aliphatic heterocycles. The van der Waals surface area contributed by atoms with E-state index >= 15 is 0 Å². The van der Waals surface area contributed by atoms with Gasteiger partial charge in [0.1, 0.15) is 11.5 Å². The van der Waals surface area contributed by atoms with E-state index in [1.54, 1.807) is 23.5 Å². The Labute approximate surface area is 141 Å². The molecule has 1 aliphatic rings. The number of carbonyl (C=O) groups is 1. The van der Waals surface area contributed by atoms with Gasteiger partial charge >= 0.3 is 5.97 Å². The zero-order valence-electron chi connectivity index (χ0n) is 12.5. The van der Waals surface area contributed by atoms with Crippen LogP contribution in [-0.4, -0.2) is 26.0 Å². The SMILES string of the molecule is O=C(O)C1=CN(c2nc(-c3ccccn3)cs2)c2ncccc2C1. The lowest BCUT2D eigenvalue weighted by Crippen LogP contribution is -2.21. The Morgan fingerprint density at radius 1 is 1.12 bits per heavy atom. The molecule has 0 atom stereocenters. The predicted octanol–water partition coefficient (Wildman–Crippen LogP) is 3.26. The lowest BCUT2D eigenvalue weighted by molar-refractivity contribution is -0.132. The lowest BCUT2D eigenvalue weighted by Gasteiger charge is -2.24. The Hall–Kier alpha value is -3.06. The number of carboxylic acids is 1. The van der Waals surface area contributed by atoms with Crippen LogP contribution in [0.2, 0.25) is 0 Å². The molecule has 1 N–H and O–H groups in total. The first-order chi connectivity index (χ1) is 11.7. The fraction of sp³-hybridized carbons (Fsp3) is 0.0588. The van der Waals surface area contributed by atoms with Gasteiger partial charge in [0.2, 0.25) is 0 Å². The van der Waals surface area contributed by atoms with Crippen LogP contribution < -0.4 is 4.90 Å². The Morgan fingerprint density at radius 2 is 2.00 bits per heavy atom. The van der Waals surface area contributed by atoms with Crippen LogP contribution in [-0.2, 0) is 11.2 Å². The highest BCUT2D eigenvalue weighted by Crippen LogP contribution is 2.36. The fourth-order valence-electron chi connectivity index (χ4n) is 2.54. The van der Waals surface area contributed by atoms with Gasteiger partial charge in [0, 0.05) is 36.0 Å². The average molecular weight is 336 g/mol. The highest BCUT2D eigenvalue weighted by atomic mass is 32.1. The van der Waals surface area contributed by atoms with Crippen LogP contribution in [0.25, 0.3) is 11.4 Å². The molecule has 6 nitrogen and oxygen atoms in total. The van der Waals surface area contributed by atoms with Crippen molar-refractivity contribution in [2.75, 3.05) is 4.90 Å². The largest absolute Gasteiger partial charge is 0.478 e. The van der Waals surface area contributed by atoms with Crippen LogP contribution in [0.15, 0.2) is 59.9 Å². The molecule has 7 heteroatoms. The molecule has 4 heterocycles. The number of rotatable bonds is 3. The molecule has 0 saturated heterocycles. The van der Waals surface area contributed by atoms with Gasteiger partial charge in [0.25, 0.3) is 0 Å². The van der Waals surface area contributed by atoms with Crippen LogP contribution in [0.4, 0.5) is 10.9 Å². The quantitative estimate of drug-likeness (QED) is 0.791. The van der Waals surface area contributed by atoms with Gasteiger partial charge in [-0.05, 0) is 18.2 Å². The number of anilines is 2. The summed E-state index contributed by atoms with van der Waals surface area (Å²) in [6, 6.07) is 9.34. The minimum Gasteiger partial charge on any atom is -0.478 e. The van der Waals surface area contributed by atoms with Crippen molar-refractivity contribution >= 4 is 28.3 Å². The van der Waals surface area contributed by atoms with Crippen molar-refractivity contribution < 1.29 is 9.90 Å². The maximum Gasteiger partial charge on any atom is 0.333 e. The number of fused-ring (bicyclic) bond motifs is 1. The van der Waals surface area contributed by atoms with Gasteiger partial charge in [-0.3, -0.25) is 9.88 Å². The summed E-state index contributed by atoms with van der Waals surface area (Å²) < 4.78 is 0. The normalized spacial score (nSPS) is 13.3. The molecular formula is C17H12N4O2S. The third kappa shape index (κ3) is 2.55. The molecule has 4 rings (SSSR count). The lowest BCUT2D eigenvalue weighted by atomic mass is 10.0. The van der Waals surface area contributed by atoms with Crippen molar-refractivity contribution in [2.45, 2.75) is 6.42 Å². The zero-order chi connectivity index (χ0) is 16.5. The summed E-state index contributed by atoms with van der Waals surface area (Å²) >= 11 is 1.43. The van der Waals surface area contributed by atoms with E-state index in [1.165, 1.54) is 11.3 Å². The minimum atomic E-state index is -0.934. The molecule has 0 aromatic carbocycles. The van der Waals surface area contributed by atoms with Gasteiger partial charge < -0.3 is 5.11 Å². The molecular weight excluding hydrogens is 324 g/mol. The van der Waals surface area contributed by atoms with Crippen molar-refractivity contribution in [3.8, 4) is 11.4 Å². The second-order valence-electron chi connectivity index (χ2n) is 5.22. The minimum absolute atomic E-state index is 0.310. The molecule has 0 unspecified atom stereocenters. The number of hydrogen-bond acceptors (Lipinski definition) is 6. The van der Waals surface area contributed by atoms with E-state index in [4.69, 9.17) is 0 Å². The van der Waals surface area contributed by atoms with E-state index in [0.29, 0.717) is 22.9 Å². The first kappa shape index (κ1) is 14.5. The molecule has 0 radical (unpaired) electrons. The van der Waals surface area contributed by atoms with E-state index in [-0.39, 0.29) is 0 Å². The molecule has 3 aromatic rings. The number of pyridine rings is 2. The number of hydrogen-bond donors (Lipinski definition) is 1. The Bertz CT molecular complexity index is 937. The number of thiazole rings is 1. The molecule has 3 aromatic heterocycles. The van der Waals surface area contributed by atoms with Gasteiger partial charge in [-0.2, -0.15) is 0 Å². The standard InChI is InChI=1S/C17H12N4O2S/c22-16(23)12-8-11-4-3-7-19-15(11)21(9-12)17-20-14(10-24-17)13-5-1-2-6-18-13/h1-7,9-10H,8H2,(H,22,23). The van der Waals surface area contributed by atoms with Gasteiger partial charge in [0.15, 0.2) is 5.13 Å². The molecule has 0 fully saturated rings. The smallest absolute Gasteiger partial charge is 0.333 e. The van der Waals surface area contributed by atoms with Crippen molar-refractivity contribution in [1.82, 2.24) is 15.0 Å². The third-order valence-electron chi connectivity index (χ3n) is 3.66.